The number of halogens is 2. The highest BCUT2D eigenvalue weighted by Crippen LogP contribution is 2.50. The van der Waals surface area contributed by atoms with E-state index in [0.717, 1.165) is 16.8 Å². The summed E-state index contributed by atoms with van der Waals surface area (Å²) in [7, 11) is 0. The lowest BCUT2D eigenvalue weighted by Crippen LogP contribution is -2.06. The molecule has 2 heteroatoms. The van der Waals surface area contributed by atoms with Crippen LogP contribution in [-0.2, 0) is 6.42 Å². The maximum absolute atomic E-state index is 6.10. The third-order valence-corrected chi connectivity index (χ3v) is 4.32. The van der Waals surface area contributed by atoms with Crippen molar-refractivity contribution in [2.24, 2.45) is 5.41 Å². The molecule has 1 aliphatic rings. The average Bonchev–Trinajstić information content (AvgIpc) is 2.90. The SMILES string of the molecule is Clc1ccccc1CC1(CBr)CC1. The van der Waals surface area contributed by atoms with Crippen LogP contribution in [0.2, 0.25) is 5.02 Å². The van der Waals surface area contributed by atoms with Gasteiger partial charge in [-0.25, -0.2) is 0 Å². The first-order valence-corrected chi connectivity index (χ1v) is 6.05. The van der Waals surface area contributed by atoms with E-state index in [1.807, 2.05) is 12.1 Å². The second kappa shape index (κ2) is 3.62. The maximum atomic E-state index is 6.10. The molecule has 0 bridgehead atoms. The molecule has 1 aromatic carbocycles. The average molecular weight is 260 g/mol. The smallest absolute Gasteiger partial charge is 0.0438 e. The van der Waals surface area contributed by atoms with Crippen molar-refractivity contribution in [1.82, 2.24) is 0 Å². The van der Waals surface area contributed by atoms with Crippen molar-refractivity contribution in [2.75, 3.05) is 5.33 Å². The van der Waals surface area contributed by atoms with Crippen molar-refractivity contribution in [3.63, 3.8) is 0 Å². The lowest BCUT2D eigenvalue weighted by molar-refractivity contribution is 0.586. The van der Waals surface area contributed by atoms with Crippen LogP contribution in [0.5, 0.6) is 0 Å². The molecule has 1 aromatic rings. The molecule has 0 atom stereocenters. The highest BCUT2D eigenvalue weighted by Gasteiger charge is 2.41. The van der Waals surface area contributed by atoms with E-state index in [1.165, 1.54) is 18.4 Å². The van der Waals surface area contributed by atoms with Gasteiger partial charge in [-0.3, -0.25) is 0 Å². The van der Waals surface area contributed by atoms with Crippen LogP contribution in [0.1, 0.15) is 18.4 Å². The minimum atomic E-state index is 0.519. The summed E-state index contributed by atoms with van der Waals surface area (Å²) in [6, 6.07) is 8.15. The molecule has 0 radical (unpaired) electrons. The van der Waals surface area contributed by atoms with E-state index in [1.54, 1.807) is 0 Å². The van der Waals surface area contributed by atoms with Crippen LogP contribution in [0.4, 0.5) is 0 Å². The van der Waals surface area contributed by atoms with Gasteiger partial charge in [-0.1, -0.05) is 45.7 Å². The monoisotopic (exact) mass is 258 g/mol. The summed E-state index contributed by atoms with van der Waals surface area (Å²) in [6.45, 7) is 0. The van der Waals surface area contributed by atoms with Gasteiger partial charge in [-0.15, -0.1) is 0 Å². The van der Waals surface area contributed by atoms with Crippen LogP contribution in [0.25, 0.3) is 0 Å². The lowest BCUT2D eigenvalue weighted by Gasteiger charge is -2.11. The normalized spacial score (nSPS) is 18.6. The fraction of sp³-hybridized carbons (Fsp3) is 0.455. The number of rotatable bonds is 3. The van der Waals surface area contributed by atoms with E-state index in [-0.39, 0.29) is 0 Å². The minimum Gasteiger partial charge on any atom is -0.0922 e. The quantitative estimate of drug-likeness (QED) is 0.718. The van der Waals surface area contributed by atoms with E-state index < -0.39 is 0 Å². The Morgan fingerprint density at radius 1 is 1.31 bits per heavy atom. The van der Waals surface area contributed by atoms with Gasteiger partial charge in [0, 0.05) is 10.4 Å². The predicted molar refractivity (Wildman–Crippen MR) is 60.6 cm³/mol. The molecule has 0 heterocycles. The summed E-state index contributed by atoms with van der Waals surface area (Å²) in [5.41, 5.74) is 1.81. The topological polar surface area (TPSA) is 0 Å². The van der Waals surface area contributed by atoms with Gasteiger partial charge < -0.3 is 0 Å². The molecule has 0 amide bonds. The van der Waals surface area contributed by atoms with E-state index in [2.05, 4.69) is 28.1 Å². The van der Waals surface area contributed by atoms with Crippen LogP contribution in [0.15, 0.2) is 24.3 Å². The summed E-state index contributed by atoms with van der Waals surface area (Å²) in [5.74, 6) is 0. The molecule has 0 aromatic heterocycles. The van der Waals surface area contributed by atoms with Gasteiger partial charge in [0.1, 0.15) is 0 Å². The first-order valence-electron chi connectivity index (χ1n) is 4.55. The maximum Gasteiger partial charge on any atom is 0.0438 e. The van der Waals surface area contributed by atoms with Gasteiger partial charge >= 0.3 is 0 Å². The molecule has 1 aliphatic carbocycles. The first kappa shape index (κ1) is 9.54. The molecule has 0 unspecified atom stereocenters. The summed E-state index contributed by atoms with van der Waals surface area (Å²) in [4.78, 5) is 0. The van der Waals surface area contributed by atoms with Crippen molar-refractivity contribution in [3.8, 4) is 0 Å². The highest BCUT2D eigenvalue weighted by molar-refractivity contribution is 9.09. The molecule has 1 fully saturated rings. The molecule has 1 saturated carbocycles. The van der Waals surface area contributed by atoms with Crippen molar-refractivity contribution in [2.45, 2.75) is 19.3 Å². The van der Waals surface area contributed by atoms with Crippen molar-refractivity contribution >= 4 is 27.5 Å². The number of benzene rings is 1. The van der Waals surface area contributed by atoms with Crippen molar-refractivity contribution in [3.05, 3.63) is 34.9 Å². The summed E-state index contributed by atoms with van der Waals surface area (Å²) < 4.78 is 0. The minimum absolute atomic E-state index is 0.519. The molecule has 70 valence electrons. The molecule has 0 saturated heterocycles. The van der Waals surface area contributed by atoms with Gasteiger partial charge in [-0.05, 0) is 36.3 Å². The van der Waals surface area contributed by atoms with Crippen molar-refractivity contribution < 1.29 is 0 Å². The zero-order valence-electron chi connectivity index (χ0n) is 7.39. The molecule has 0 nitrogen and oxygen atoms in total. The van der Waals surface area contributed by atoms with Crippen LogP contribution >= 0.6 is 27.5 Å². The molecule has 13 heavy (non-hydrogen) atoms. The first-order chi connectivity index (χ1) is 6.26. The van der Waals surface area contributed by atoms with Gasteiger partial charge in [0.2, 0.25) is 0 Å². The Balaban J connectivity index is 2.14. The van der Waals surface area contributed by atoms with Crippen molar-refractivity contribution in [1.29, 1.82) is 0 Å². The number of hydrogen-bond acceptors (Lipinski definition) is 0. The molecular weight excluding hydrogens is 247 g/mol. The fourth-order valence-corrected chi connectivity index (χ4v) is 2.54. The highest BCUT2D eigenvalue weighted by atomic mass is 79.9. The standard InChI is InChI=1S/C11H12BrCl/c12-8-11(5-6-11)7-9-3-1-2-4-10(9)13/h1-4H,5-8H2. The van der Waals surface area contributed by atoms with E-state index in [4.69, 9.17) is 11.6 Å². The lowest BCUT2D eigenvalue weighted by atomic mass is 9.99. The van der Waals surface area contributed by atoms with Crippen LogP contribution in [-0.4, -0.2) is 5.33 Å². The third-order valence-electron chi connectivity index (χ3n) is 2.76. The Hall–Kier alpha value is -0.0100. The number of hydrogen-bond donors (Lipinski definition) is 0. The summed E-state index contributed by atoms with van der Waals surface area (Å²) >= 11 is 9.67. The van der Waals surface area contributed by atoms with Gasteiger partial charge in [0.15, 0.2) is 0 Å². The predicted octanol–water partition coefficient (Wildman–Crippen LogP) is 4.06. The second-order valence-electron chi connectivity index (χ2n) is 3.90. The van der Waals surface area contributed by atoms with Gasteiger partial charge in [0.25, 0.3) is 0 Å². The fourth-order valence-electron chi connectivity index (χ4n) is 1.58. The third kappa shape index (κ3) is 2.08. The Bertz CT molecular complexity index is 305. The zero-order chi connectivity index (χ0) is 9.31. The Morgan fingerprint density at radius 2 is 2.00 bits per heavy atom. The summed E-state index contributed by atoms with van der Waals surface area (Å²) in [6.07, 6.45) is 3.80. The van der Waals surface area contributed by atoms with Gasteiger partial charge in [0.05, 0.1) is 0 Å². The zero-order valence-corrected chi connectivity index (χ0v) is 9.74. The van der Waals surface area contributed by atoms with E-state index >= 15 is 0 Å². The van der Waals surface area contributed by atoms with Gasteiger partial charge in [-0.2, -0.15) is 0 Å². The van der Waals surface area contributed by atoms with Crippen LogP contribution < -0.4 is 0 Å². The van der Waals surface area contributed by atoms with E-state index in [0.29, 0.717) is 5.41 Å². The summed E-state index contributed by atoms with van der Waals surface area (Å²) in [5, 5.41) is 2.01. The molecule has 0 spiro atoms. The van der Waals surface area contributed by atoms with Crippen LogP contribution in [0.3, 0.4) is 0 Å². The van der Waals surface area contributed by atoms with E-state index in [9.17, 15) is 0 Å². The number of alkyl halides is 1. The molecular formula is C11H12BrCl. The Kier molecular flexibility index (Phi) is 2.66. The largest absolute Gasteiger partial charge is 0.0922 e. The molecule has 2 rings (SSSR count). The Morgan fingerprint density at radius 3 is 2.54 bits per heavy atom. The van der Waals surface area contributed by atoms with Crippen LogP contribution in [0, 0.1) is 5.41 Å². The molecule has 0 aliphatic heterocycles. The molecule has 0 N–H and O–H groups in total. The second-order valence-corrected chi connectivity index (χ2v) is 4.87. The Labute approximate surface area is 92.4 Å².